The van der Waals surface area contributed by atoms with Gasteiger partial charge in [-0.15, -0.1) is 0 Å². The minimum absolute atomic E-state index is 0.0368. The van der Waals surface area contributed by atoms with E-state index in [1.54, 1.807) is 31.2 Å². The highest BCUT2D eigenvalue weighted by molar-refractivity contribution is 9.10. The second-order valence-corrected chi connectivity index (χ2v) is 14.1. The summed E-state index contributed by atoms with van der Waals surface area (Å²) in [5.74, 6) is -0.508. The minimum atomic E-state index is -3.92. The van der Waals surface area contributed by atoms with E-state index in [9.17, 15) is 26.4 Å². The molecule has 0 amide bonds. The van der Waals surface area contributed by atoms with Crippen LogP contribution in [0.2, 0.25) is 0 Å². The molecule has 39 heavy (non-hydrogen) atoms. The monoisotopic (exact) mass is 630 g/mol. The summed E-state index contributed by atoms with van der Waals surface area (Å²) in [7, 11) is -7.24. The topological polar surface area (TPSA) is 119 Å². The lowest BCUT2D eigenvalue weighted by Gasteiger charge is -2.19. The van der Waals surface area contributed by atoms with Crippen LogP contribution in [0.3, 0.4) is 0 Å². The Labute approximate surface area is 235 Å². The summed E-state index contributed by atoms with van der Waals surface area (Å²) in [4.78, 5) is 27.1. The maximum absolute atomic E-state index is 13.7. The highest BCUT2D eigenvalue weighted by Gasteiger charge is 2.23. The van der Waals surface area contributed by atoms with E-state index >= 15 is 0 Å². The van der Waals surface area contributed by atoms with Gasteiger partial charge in [0, 0.05) is 34.6 Å². The van der Waals surface area contributed by atoms with Gasteiger partial charge in [0.05, 0.1) is 22.9 Å². The van der Waals surface area contributed by atoms with Crippen molar-refractivity contribution in [3.8, 4) is 11.1 Å². The van der Waals surface area contributed by atoms with Gasteiger partial charge in [0.2, 0.25) is 10.0 Å². The summed E-state index contributed by atoms with van der Waals surface area (Å²) < 4.78 is 52.3. The van der Waals surface area contributed by atoms with Gasteiger partial charge in [-0.1, -0.05) is 65.3 Å². The van der Waals surface area contributed by atoms with Gasteiger partial charge in [0.25, 0.3) is 5.56 Å². The van der Waals surface area contributed by atoms with Crippen molar-refractivity contribution in [1.82, 2.24) is 9.29 Å². The molecule has 8 nitrogen and oxygen atoms in total. The first-order valence-electron chi connectivity index (χ1n) is 12.1. The summed E-state index contributed by atoms with van der Waals surface area (Å²) in [6, 6.07) is 20.7. The molecule has 0 aliphatic carbocycles. The highest BCUT2D eigenvalue weighted by atomic mass is 79.9. The molecule has 0 saturated carbocycles. The zero-order valence-electron chi connectivity index (χ0n) is 21.3. The fraction of sp³-hybridized carbons (Fsp3) is 0.214. The molecule has 0 saturated heterocycles. The molecule has 1 aromatic heterocycles. The Morgan fingerprint density at radius 3 is 2.21 bits per heavy atom. The number of hydrogen-bond acceptors (Lipinski definition) is 6. The molecule has 0 fully saturated rings. The number of carbonyl (C=O) groups is 1. The van der Waals surface area contributed by atoms with Crippen molar-refractivity contribution in [3.05, 3.63) is 98.9 Å². The van der Waals surface area contributed by atoms with E-state index < -0.39 is 19.9 Å². The third kappa shape index (κ3) is 6.55. The van der Waals surface area contributed by atoms with Gasteiger partial charge < -0.3 is 0 Å². The SMILES string of the molecule is CCC(=O)c1c(-c2ccccc2)c2cc(Br)ccc2c(=O)n1Cc1ccc(S(=O)(=O)NCCS(C)(=O)=O)cc1. The summed E-state index contributed by atoms with van der Waals surface area (Å²) in [6.45, 7) is 1.55. The number of rotatable bonds is 10. The van der Waals surface area contributed by atoms with Gasteiger partial charge in [-0.2, -0.15) is 0 Å². The van der Waals surface area contributed by atoms with Crippen LogP contribution >= 0.6 is 15.9 Å². The molecule has 3 aromatic carbocycles. The van der Waals surface area contributed by atoms with E-state index in [1.165, 1.54) is 16.7 Å². The molecule has 11 heteroatoms. The molecule has 204 valence electrons. The standard InChI is InChI=1S/C28H27BrN2O6S2/c1-3-25(32)27-26(20-7-5-4-6-8-20)24-17-21(29)11-14-23(24)28(33)31(27)18-19-9-12-22(13-10-19)39(36,37)30-15-16-38(2,34)35/h4-14,17,30H,3,15-16,18H2,1-2H3. The summed E-state index contributed by atoms with van der Waals surface area (Å²) >= 11 is 3.48. The molecule has 0 bridgehead atoms. The Morgan fingerprint density at radius 2 is 1.59 bits per heavy atom. The van der Waals surface area contributed by atoms with Gasteiger partial charge >= 0.3 is 0 Å². The van der Waals surface area contributed by atoms with Gasteiger partial charge in [-0.25, -0.2) is 21.6 Å². The fourth-order valence-corrected chi connectivity index (χ4v) is 6.32. The smallest absolute Gasteiger partial charge is 0.259 e. The van der Waals surface area contributed by atoms with Gasteiger partial charge in [-0.05, 0) is 46.8 Å². The van der Waals surface area contributed by atoms with Crippen LogP contribution in [0.1, 0.15) is 29.4 Å². The van der Waals surface area contributed by atoms with E-state index in [4.69, 9.17) is 0 Å². The first-order chi connectivity index (χ1) is 18.4. The molecule has 4 aromatic rings. The number of ketones is 1. The first kappa shape index (κ1) is 28.9. The Bertz CT molecular complexity index is 1820. The van der Waals surface area contributed by atoms with Gasteiger partial charge in [-0.3, -0.25) is 14.2 Å². The molecule has 4 rings (SSSR count). The summed E-state index contributed by atoms with van der Waals surface area (Å²) in [5.41, 5.74) is 2.04. The zero-order chi connectivity index (χ0) is 28.4. The molecule has 0 radical (unpaired) electrons. The predicted octanol–water partition coefficient (Wildman–Crippen LogP) is 4.39. The average molecular weight is 632 g/mol. The maximum Gasteiger partial charge on any atom is 0.259 e. The molecule has 1 heterocycles. The quantitative estimate of drug-likeness (QED) is 0.260. The normalized spacial score (nSPS) is 12.1. The van der Waals surface area contributed by atoms with Crippen molar-refractivity contribution < 1.29 is 21.6 Å². The van der Waals surface area contributed by atoms with Crippen molar-refractivity contribution >= 4 is 52.3 Å². The number of pyridine rings is 1. The van der Waals surface area contributed by atoms with Crippen LogP contribution in [0.4, 0.5) is 0 Å². The highest BCUT2D eigenvalue weighted by Crippen LogP contribution is 2.33. The molecular formula is C28H27BrN2O6S2. The third-order valence-electron chi connectivity index (χ3n) is 6.22. The van der Waals surface area contributed by atoms with Crippen LogP contribution in [-0.2, 0) is 26.4 Å². The van der Waals surface area contributed by atoms with Crippen LogP contribution < -0.4 is 10.3 Å². The van der Waals surface area contributed by atoms with Crippen molar-refractivity contribution in [2.24, 2.45) is 0 Å². The minimum Gasteiger partial charge on any atom is -0.300 e. The molecule has 1 N–H and O–H groups in total. The third-order valence-corrected chi connectivity index (χ3v) is 9.14. The molecule has 0 spiro atoms. The molecule has 0 unspecified atom stereocenters. The van der Waals surface area contributed by atoms with Crippen LogP contribution in [0, 0.1) is 0 Å². The fourth-order valence-electron chi connectivity index (χ4n) is 4.33. The number of fused-ring (bicyclic) bond motifs is 1. The predicted molar refractivity (Wildman–Crippen MR) is 156 cm³/mol. The van der Waals surface area contributed by atoms with Crippen molar-refractivity contribution in [2.45, 2.75) is 24.8 Å². The van der Waals surface area contributed by atoms with Crippen molar-refractivity contribution in [3.63, 3.8) is 0 Å². The maximum atomic E-state index is 13.7. The molecular weight excluding hydrogens is 604 g/mol. The van der Waals surface area contributed by atoms with Gasteiger partial charge in [0.15, 0.2) is 5.78 Å². The Balaban J connectivity index is 1.81. The number of aromatic nitrogens is 1. The number of nitrogens with zero attached hydrogens (tertiary/aromatic N) is 1. The van der Waals surface area contributed by atoms with Crippen molar-refractivity contribution in [2.75, 3.05) is 18.6 Å². The molecule has 0 atom stereocenters. The van der Waals surface area contributed by atoms with Crippen molar-refractivity contribution in [1.29, 1.82) is 0 Å². The number of carbonyl (C=O) groups excluding carboxylic acids is 1. The lowest BCUT2D eigenvalue weighted by molar-refractivity contribution is 0.0979. The summed E-state index contributed by atoms with van der Waals surface area (Å²) in [5, 5.41) is 1.12. The average Bonchev–Trinajstić information content (AvgIpc) is 2.89. The van der Waals surface area contributed by atoms with Crippen LogP contribution in [0.15, 0.2) is 87.0 Å². The Kier molecular flexibility index (Phi) is 8.55. The number of halogens is 1. The first-order valence-corrected chi connectivity index (χ1v) is 16.5. The number of Topliss-reactive ketones (excluding diaryl/α,β-unsaturated/α-hetero) is 1. The number of nitrogens with one attached hydrogen (secondary N) is 1. The van der Waals surface area contributed by atoms with Crippen LogP contribution in [-0.4, -0.2) is 45.7 Å². The number of sulfonamides is 1. The second kappa shape index (κ2) is 11.5. The summed E-state index contributed by atoms with van der Waals surface area (Å²) in [6.07, 6.45) is 1.22. The van der Waals surface area contributed by atoms with E-state index in [0.29, 0.717) is 27.6 Å². The van der Waals surface area contributed by atoms with Crippen LogP contribution in [0.5, 0.6) is 0 Å². The number of hydrogen-bond donors (Lipinski definition) is 1. The molecule has 0 aliphatic rings. The Morgan fingerprint density at radius 1 is 0.923 bits per heavy atom. The lowest BCUT2D eigenvalue weighted by atomic mass is 9.94. The number of sulfone groups is 1. The van der Waals surface area contributed by atoms with E-state index in [0.717, 1.165) is 16.3 Å². The second-order valence-electron chi connectivity index (χ2n) is 9.12. The van der Waals surface area contributed by atoms with Gasteiger partial charge in [0.1, 0.15) is 9.84 Å². The van der Waals surface area contributed by atoms with Crippen LogP contribution in [0.25, 0.3) is 21.9 Å². The lowest BCUT2D eigenvalue weighted by Crippen LogP contribution is -2.29. The van der Waals surface area contributed by atoms with E-state index in [-0.39, 0.29) is 41.5 Å². The number of benzene rings is 3. The Hall–Kier alpha value is -3.12. The largest absolute Gasteiger partial charge is 0.300 e. The van der Waals surface area contributed by atoms with E-state index in [2.05, 4.69) is 20.7 Å². The van der Waals surface area contributed by atoms with E-state index in [1.807, 2.05) is 36.4 Å². The molecule has 0 aliphatic heterocycles. The zero-order valence-corrected chi connectivity index (χ0v) is 24.6.